The van der Waals surface area contributed by atoms with Gasteiger partial charge in [0.25, 0.3) is 5.91 Å². The molecule has 0 aliphatic carbocycles. The molecular formula is C23H25I2N5O2S. The molecule has 0 aliphatic rings. The van der Waals surface area contributed by atoms with E-state index in [-0.39, 0.29) is 22.8 Å². The van der Waals surface area contributed by atoms with Crippen molar-refractivity contribution >= 4 is 69.1 Å². The maximum atomic E-state index is 12.3. The standard InChI is InChI=1S/C23H25I2N5O2S/c1-5-30-21(14-6-8-16(9-7-14)23(2,3)4)28-29-22(30)33-13-19(31)27-26-12-15-10-17(24)11-18(25)20(15)32/h6-12,32H,5,13H2,1-4H3,(H,27,31). The second-order valence-electron chi connectivity index (χ2n) is 8.29. The zero-order chi connectivity index (χ0) is 24.2. The van der Waals surface area contributed by atoms with Gasteiger partial charge in [-0.25, -0.2) is 5.43 Å². The summed E-state index contributed by atoms with van der Waals surface area (Å²) < 4.78 is 3.70. The minimum absolute atomic E-state index is 0.0873. The van der Waals surface area contributed by atoms with Gasteiger partial charge in [0.1, 0.15) is 5.75 Å². The van der Waals surface area contributed by atoms with Crippen molar-refractivity contribution in [2.45, 2.75) is 44.8 Å². The normalized spacial score (nSPS) is 11.8. The largest absolute Gasteiger partial charge is 0.506 e. The van der Waals surface area contributed by atoms with E-state index in [1.165, 1.54) is 23.5 Å². The molecule has 174 valence electrons. The Morgan fingerprint density at radius 3 is 2.55 bits per heavy atom. The van der Waals surface area contributed by atoms with E-state index < -0.39 is 0 Å². The number of thioether (sulfide) groups is 1. The highest BCUT2D eigenvalue weighted by atomic mass is 127. The molecule has 0 unspecified atom stereocenters. The fourth-order valence-corrected chi connectivity index (χ4v) is 5.72. The summed E-state index contributed by atoms with van der Waals surface area (Å²) in [6.45, 7) is 9.27. The van der Waals surface area contributed by atoms with Crippen LogP contribution >= 0.6 is 56.9 Å². The van der Waals surface area contributed by atoms with E-state index in [4.69, 9.17) is 0 Å². The van der Waals surface area contributed by atoms with Gasteiger partial charge in [-0.1, -0.05) is 56.8 Å². The van der Waals surface area contributed by atoms with Gasteiger partial charge in [0, 0.05) is 21.2 Å². The van der Waals surface area contributed by atoms with Gasteiger partial charge in [-0.2, -0.15) is 5.10 Å². The number of phenols is 1. The van der Waals surface area contributed by atoms with Crippen molar-refractivity contribution in [1.82, 2.24) is 20.2 Å². The molecule has 0 fully saturated rings. The molecule has 3 rings (SSSR count). The van der Waals surface area contributed by atoms with Crippen LogP contribution in [0.4, 0.5) is 0 Å². The molecule has 0 radical (unpaired) electrons. The number of rotatable bonds is 7. The van der Waals surface area contributed by atoms with Gasteiger partial charge in [-0.05, 0) is 75.2 Å². The number of hydrogen-bond donors (Lipinski definition) is 2. The van der Waals surface area contributed by atoms with Gasteiger partial charge in [-0.3, -0.25) is 4.79 Å². The summed E-state index contributed by atoms with van der Waals surface area (Å²) in [5, 5.41) is 23.4. The predicted molar refractivity (Wildman–Crippen MR) is 150 cm³/mol. The predicted octanol–water partition coefficient (Wildman–Crippen LogP) is 5.42. The maximum absolute atomic E-state index is 12.3. The van der Waals surface area contributed by atoms with E-state index in [2.05, 4.69) is 111 Å². The number of amides is 1. The summed E-state index contributed by atoms with van der Waals surface area (Å²) in [5.41, 5.74) is 5.38. The van der Waals surface area contributed by atoms with Crippen molar-refractivity contribution in [3.8, 4) is 17.1 Å². The monoisotopic (exact) mass is 689 g/mol. The van der Waals surface area contributed by atoms with Crippen molar-refractivity contribution in [1.29, 1.82) is 0 Å². The molecule has 0 aliphatic heterocycles. The lowest BCUT2D eigenvalue weighted by atomic mass is 9.87. The van der Waals surface area contributed by atoms with E-state index in [1.54, 1.807) is 6.07 Å². The van der Waals surface area contributed by atoms with Crippen LogP contribution < -0.4 is 5.43 Å². The van der Waals surface area contributed by atoms with Crippen molar-refractivity contribution in [3.05, 3.63) is 54.7 Å². The molecule has 0 bridgehead atoms. The Morgan fingerprint density at radius 2 is 1.91 bits per heavy atom. The third-order valence-corrected chi connectivity index (χ3v) is 7.24. The second-order valence-corrected chi connectivity index (χ2v) is 11.6. The minimum Gasteiger partial charge on any atom is -0.506 e. The maximum Gasteiger partial charge on any atom is 0.250 e. The van der Waals surface area contributed by atoms with Crippen LogP contribution in [0.3, 0.4) is 0 Å². The van der Waals surface area contributed by atoms with Gasteiger partial charge in [0.15, 0.2) is 11.0 Å². The molecule has 1 amide bonds. The molecule has 7 nitrogen and oxygen atoms in total. The Morgan fingerprint density at radius 1 is 1.21 bits per heavy atom. The van der Waals surface area contributed by atoms with Crippen LogP contribution in [0.25, 0.3) is 11.4 Å². The van der Waals surface area contributed by atoms with Gasteiger partial charge in [-0.15, -0.1) is 10.2 Å². The summed E-state index contributed by atoms with van der Waals surface area (Å²) in [4.78, 5) is 12.3. The van der Waals surface area contributed by atoms with Crippen molar-refractivity contribution < 1.29 is 9.90 Å². The molecule has 2 aromatic carbocycles. The highest BCUT2D eigenvalue weighted by Crippen LogP contribution is 2.28. The number of aromatic nitrogens is 3. The zero-order valence-corrected chi connectivity index (χ0v) is 23.9. The quantitative estimate of drug-likeness (QED) is 0.150. The molecule has 0 saturated heterocycles. The third kappa shape index (κ3) is 6.69. The average Bonchev–Trinajstić information content (AvgIpc) is 3.18. The van der Waals surface area contributed by atoms with Crippen LogP contribution in [0, 0.1) is 7.14 Å². The number of hydrazone groups is 1. The molecule has 0 saturated carbocycles. The van der Waals surface area contributed by atoms with Gasteiger partial charge >= 0.3 is 0 Å². The van der Waals surface area contributed by atoms with Crippen LogP contribution in [0.2, 0.25) is 0 Å². The molecule has 2 N–H and O–H groups in total. The SMILES string of the molecule is CCn1c(SCC(=O)NN=Cc2cc(I)cc(I)c2O)nnc1-c1ccc(C(C)(C)C)cc1. The first kappa shape index (κ1) is 25.9. The molecule has 33 heavy (non-hydrogen) atoms. The summed E-state index contributed by atoms with van der Waals surface area (Å²) in [6.07, 6.45) is 1.44. The highest BCUT2D eigenvalue weighted by molar-refractivity contribution is 14.1. The average molecular weight is 689 g/mol. The first-order valence-corrected chi connectivity index (χ1v) is 13.4. The molecule has 0 spiro atoms. The van der Waals surface area contributed by atoms with Crippen LogP contribution in [-0.2, 0) is 16.8 Å². The number of aromatic hydroxyl groups is 1. The first-order chi connectivity index (χ1) is 15.6. The molecular weight excluding hydrogens is 664 g/mol. The lowest BCUT2D eigenvalue weighted by molar-refractivity contribution is -0.118. The second kappa shape index (κ2) is 11.2. The highest BCUT2D eigenvalue weighted by Gasteiger charge is 2.17. The number of benzene rings is 2. The molecule has 3 aromatic rings. The third-order valence-electron chi connectivity index (χ3n) is 4.83. The van der Waals surface area contributed by atoms with Gasteiger partial charge in [0.05, 0.1) is 15.5 Å². The summed E-state index contributed by atoms with van der Waals surface area (Å²) in [7, 11) is 0. The lowest BCUT2D eigenvalue weighted by Crippen LogP contribution is -2.20. The minimum atomic E-state index is -0.266. The lowest BCUT2D eigenvalue weighted by Gasteiger charge is -2.19. The molecule has 1 aromatic heterocycles. The Labute approximate surface area is 225 Å². The number of nitrogens with one attached hydrogen (secondary N) is 1. The van der Waals surface area contributed by atoms with E-state index in [1.807, 2.05) is 17.6 Å². The Bertz CT molecular complexity index is 1170. The topological polar surface area (TPSA) is 92.4 Å². The molecule has 0 atom stereocenters. The summed E-state index contributed by atoms with van der Waals surface area (Å²) >= 11 is 5.53. The molecule has 1 heterocycles. The zero-order valence-electron chi connectivity index (χ0n) is 18.8. The van der Waals surface area contributed by atoms with Gasteiger partial charge in [0.2, 0.25) is 0 Å². The Hall–Kier alpha value is -1.67. The van der Waals surface area contributed by atoms with E-state index >= 15 is 0 Å². The van der Waals surface area contributed by atoms with Crippen LogP contribution in [0.5, 0.6) is 5.75 Å². The Balaban J connectivity index is 1.64. The van der Waals surface area contributed by atoms with E-state index in [0.29, 0.717) is 17.3 Å². The van der Waals surface area contributed by atoms with Gasteiger partial charge < -0.3 is 9.67 Å². The van der Waals surface area contributed by atoms with Crippen LogP contribution in [0.15, 0.2) is 46.7 Å². The molecule has 10 heteroatoms. The van der Waals surface area contributed by atoms with Crippen LogP contribution in [-0.4, -0.2) is 37.7 Å². The first-order valence-electron chi connectivity index (χ1n) is 10.3. The number of halogens is 2. The van der Waals surface area contributed by atoms with E-state index in [0.717, 1.165) is 18.5 Å². The number of nitrogens with zero attached hydrogens (tertiary/aromatic N) is 4. The Kier molecular flexibility index (Phi) is 8.78. The fraction of sp³-hybridized carbons (Fsp3) is 0.304. The number of carbonyl (C=O) groups excluding carboxylic acids is 1. The van der Waals surface area contributed by atoms with Crippen molar-refractivity contribution in [3.63, 3.8) is 0 Å². The number of carbonyl (C=O) groups is 1. The van der Waals surface area contributed by atoms with Crippen molar-refractivity contribution in [2.75, 3.05) is 5.75 Å². The van der Waals surface area contributed by atoms with E-state index in [9.17, 15) is 9.90 Å². The van der Waals surface area contributed by atoms with Crippen LogP contribution in [0.1, 0.15) is 38.8 Å². The number of hydrogen-bond acceptors (Lipinski definition) is 6. The smallest absolute Gasteiger partial charge is 0.250 e. The summed E-state index contributed by atoms with van der Waals surface area (Å²) in [5.74, 6) is 0.803. The summed E-state index contributed by atoms with van der Waals surface area (Å²) in [6, 6.07) is 12.0. The van der Waals surface area contributed by atoms with Crippen molar-refractivity contribution in [2.24, 2.45) is 5.10 Å². The number of phenolic OH excluding ortho intramolecular Hbond substituents is 1. The fourth-order valence-electron chi connectivity index (χ4n) is 3.03.